The van der Waals surface area contributed by atoms with E-state index in [1.165, 1.54) is 11.1 Å². The van der Waals surface area contributed by atoms with Crippen LogP contribution in [0.1, 0.15) is 31.0 Å². The third kappa shape index (κ3) is 4.70. The van der Waals surface area contributed by atoms with Crippen LogP contribution in [0.25, 0.3) is 0 Å². The maximum atomic E-state index is 5.48. The molecule has 0 aromatic heterocycles. The van der Waals surface area contributed by atoms with Crippen LogP contribution < -0.4 is 15.4 Å². The highest BCUT2D eigenvalue weighted by molar-refractivity contribution is 7.80. The Morgan fingerprint density at radius 1 is 1.04 bits per heavy atom. The highest BCUT2D eigenvalue weighted by Crippen LogP contribution is 2.25. The van der Waals surface area contributed by atoms with Crippen LogP contribution in [0.5, 0.6) is 5.75 Å². The summed E-state index contributed by atoms with van der Waals surface area (Å²) in [7, 11) is 1.66. The van der Waals surface area contributed by atoms with Crippen LogP contribution >= 0.6 is 12.2 Å². The van der Waals surface area contributed by atoms with Gasteiger partial charge in [0.25, 0.3) is 0 Å². The maximum Gasteiger partial charge on any atom is 0.171 e. The fourth-order valence-electron chi connectivity index (χ4n) is 2.52. The first-order valence-electron chi connectivity index (χ1n) is 7.78. The van der Waals surface area contributed by atoms with E-state index in [1.807, 2.05) is 24.3 Å². The molecule has 0 fully saturated rings. The van der Waals surface area contributed by atoms with E-state index < -0.39 is 0 Å². The van der Waals surface area contributed by atoms with E-state index >= 15 is 0 Å². The third-order valence-electron chi connectivity index (χ3n) is 3.82. The summed E-state index contributed by atoms with van der Waals surface area (Å²) in [5.41, 5.74) is 3.49. The Balaban J connectivity index is 2.07. The molecule has 2 aromatic carbocycles. The van der Waals surface area contributed by atoms with Crippen LogP contribution in [0.15, 0.2) is 48.5 Å². The molecule has 0 aliphatic heterocycles. The standard InChI is InChI=1S/C19H24N2OS/c1-13(2)18(17-8-6-5-7-14(17)3)21-19(23)20-15-9-11-16(22-4)12-10-15/h5-13,18H,1-4H3,(H2,20,21,23)/t18-/m1/s1. The summed E-state index contributed by atoms with van der Waals surface area (Å²) in [5.74, 6) is 1.25. The van der Waals surface area contributed by atoms with E-state index in [0.29, 0.717) is 11.0 Å². The summed E-state index contributed by atoms with van der Waals surface area (Å²) in [5, 5.41) is 7.29. The molecule has 2 rings (SSSR count). The van der Waals surface area contributed by atoms with Crippen LogP contribution in [0, 0.1) is 12.8 Å². The van der Waals surface area contributed by atoms with Crippen molar-refractivity contribution in [3.63, 3.8) is 0 Å². The average molecular weight is 328 g/mol. The molecule has 23 heavy (non-hydrogen) atoms. The maximum absolute atomic E-state index is 5.48. The molecule has 0 amide bonds. The van der Waals surface area contributed by atoms with Gasteiger partial charge in [-0.05, 0) is 60.5 Å². The van der Waals surface area contributed by atoms with Crippen molar-refractivity contribution < 1.29 is 4.74 Å². The van der Waals surface area contributed by atoms with E-state index in [9.17, 15) is 0 Å². The van der Waals surface area contributed by atoms with E-state index in [-0.39, 0.29) is 6.04 Å². The second-order valence-corrected chi connectivity index (χ2v) is 6.31. The number of hydrogen-bond acceptors (Lipinski definition) is 2. The Hall–Kier alpha value is -2.07. The van der Waals surface area contributed by atoms with Crippen molar-refractivity contribution in [1.82, 2.24) is 5.32 Å². The van der Waals surface area contributed by atoms with Crippen molar-refractivity contribution in [2.45, 2.75) is 26.8 Å². The molecule has 0 heterocycles. The van der Waals surface area contributed by atoms with E-state index in [4.69, 9.17) is 17.0 Å². The lowest BCUT2D eigenvalue weighted by molar-refractivity contribution is 0.415. The van der Waals surface area contributed by atoms with Gasteiger partial charge in [0.1, 0.15) is 5.75 Å². The number of hydrogen-bond donors (Lipinski definition) is 2. The van der Waals surface area contributed by atoms with Gasteiger partial charge in [-0.2, -0.15) is 0 Å². The van der Waals surface area contributed by atoms with Crippen molar-refractivity contribution >= 4 is 23.0 Å². The van der Waals surface area contributed by atoms with Gasteiger partial charge in [-0.1, -0.05) is 38.1 Å². The Kier molecular flexibility index (Phi) is 5.99. The minimum atomic E-state index is 0.175. The third-order valence-corrected chi connectivity index (χ3v) is 4.04. The first-order valence-corrected chi connectivity index (χ1v) is 8.19. The minimum Gasteiger partial charge on any atom is -0.497 e. The molecule has 3 nitrogen and oxygen atoms in total. The predicted octanol–water partition coefficient (Wildman–Crippen LogP) is 4.69. The molecule has 0 aliphatic rings. The highest BCUT2D eigenvalue weighted by atomic mass is 32.1. The van der Waals surface area contributed by atoms with Crippen molar-refractivity contribution in [1.29, 1.82) is 0 Å². The number of anilines is 1. The lowest BCUT2D eigenvalue weighted by atomic mass is 9.93. The summed E-state index contributed by atoms with van der Waals surface area (Å²) in [4.78, 5) is 0. The van der Waals surface area contributed by atoms with Gasteiger partial charge >= 0.3 is 0 Å². The molecule has 2 aromatic rings. The van der Waals surface area contributed by atoms with Gasteiger partial charge in [0.05, 0.1) is 13.2 Å². The van der Waals surface area contributed by atoms with Gasteiger partial charge in [0, 0.05) is 5.69 Å². The molecule has 0 aliphatic carbocycles. The highest BCUT2D eigenvalue weighted by Gasteiger charge is 2.18. The lowest BCUT2D eigenvalue weighted by Gasteiger charge is -2.26. The summed E-state index contributed by atoms with van der Waals surface area (Å²) >= 11 is 5.48. The van der Waals surface area contributed by atoms with Crippen LogP contribution in [-0.4, -0.2) is 12.2 Å². The number of rotatable bonds is 5. The zero-order valence-electron chi connectivity index (χ0n) is 14.1. The summed E-state index contributed by atoms with van der Waals surface area (Å²) in [6.07, 6.45) is 0. The fraction of sp³-hybridized carbons (Fsp3) is 0.316. The SMILES string of the molecule is COc1ccc(NC(=S)N[C@@H](c2ccccc2C)C(C)C)cc1. The van der Waals surface area contributed by atoms with Gasteiger partial charge in [-0.25, -0.2) is 0 Å². The Labute approximate surface area is 144 Å². The summed E-state index contributed by atoms with van der Waals surface area (Å²) < 4.78 is 5.16. The zero-order valence-corrected chi connectivity index (χ0v) is 14.9. The van der Waals surface area contributed by atoms with Gasteiger partial charge < -0.3 is 15.4 Å². The molecule has 0 bridgehead atoms. The number of thiocarbonyl (C=S) groups is 1. The number of nitrogens with one attached hydrogen (secondary N) is 2. The Morgan fingerprint density at radius 2 is 1.70 bits per heavy atom. The monoisotopic (exact) mass is 328 g/mol. The number of aryl methyl sites for hydroxylation is 1. The van der Waals surface area contributed by atoms with E-state index in [0.717, 1.165) is 11.4 Å². The number of benzene rings is 2. The molecule has 0 saturated carbocycles. The van der Waals surface area contributed by atoms with E-state index in [2.05, 4.69) is 55.7 Å². The van der Waals surface area contributed by atoms with Crippen LogP contribution in [0.2, 0.25) is 0 Å². The molecule has 2 N–H and O–H groups in total. The van der Waals surface area contributed by atoms with Crippen molar-refractivity contribution in [3.8, 4) is 5.75 Å². The smallest absolute Gasteiger partial charge is 0.171 e. The normalized spacial score (nSPS) is 11.9. The first-order chi connectivity index (χ1) is 11.0. The topological polar surface area (TPSA) is 33.3 Å². The van der Waals surface area contributed by atoms with E-state index in [1.54, 1.807) is 7.11 Å². The van der Waals surface area contributed by atoms with Crippen molar-refractivity contribution in [2.75, 3.05) is 12.4 Å². The Morgan fingerprint density at radius 3 is 2.26 bits per heavy atom. The molecule has 0 radical (unpaired) electrons. The molecule has 0 spiro atoms. The molecule has 4 heteroatoms. The zero-order chi connectivity index (χ0) is 16.8. The molecular formula is C19H24N2OS. The lowest BCUT2D eigenvalue weighted by Crippen LogP contribution is -2.35. The number of ether oxygens (including phenoxy) is 1. The predicted molar refractivity (Wildman–Crippen MR) is 101 cm³/mol. The largest absolute Gasteiger partial charge is 0.497 e. The van der Waals surface area contributed by atoms with Crippen LogP contribution in [0.3, 0.4) is 0 Å². The van der Waals surface area contributed by atoms with Gasteiger partial charge in [0.15, 0.2) is 5.11 Å². The second kappa shape index (κ2) is 7.97. The second-order valence-electron chi connectivity index (χ2n) is 5.91. The summed E-state index contributed by atoms with van der Waals surface area (Å²) in [6.45, 7) is 6.52. The van der Waals surface area contributed by atoms with Crippen LogP contribution in [-0.2, 0) is 0 Å². The van der Waals surface area contributed by atoms with Crippen molar-refractivity contribution in [3.05, 3.63) is 59.7 Å². The number of methoxy groups -OCH3 is 1. The molecule has 0 saturated heterocycles. The molecule has 1 atom stereocenters. The molecule has 0 unspecified atom stereocenters. The van der Waals surface area contributed by atoms with Gasteiger partial charge in [0.2, 0.25) is 0 Å². The molecule has 122 valence electrons. The van der Waals surface area contributed by atoms with Crippen LogP contribution in [0.4, 0.5) is 5.69 Å². The molecular weight excluding hydrogens is 304 g/mol. The quantitative estimate of drug-likeness (QED) is 0.780. The van der Waals surface area contributed by atoms with Gasteiger partial charge in [-0.15, -0.1) is 0 Å². The van der Waals surface area contributed by atoms with Gasteiger partial charge in [-0.3, -0.25) is 0 Å². The first kappa shape index (κ1) is 17.3. The average Bonchev–Trinajstić information content (AvgIpc) is 2.54. The minimum absolute atomic E-state index is 0.175. The summed E-state index contributed by atoms with van der Waals surface area (Å²) in [6, 6.07) is 16.3. The fourth-order valence-corrected chi connectivity index (χ4v) is 2.77. The Bertz CT molecular complexity index is 653. The van der Waals surface area contributed by atoms with Crippen molar-refractivity contribution in [2.24, 2.45) is 5.92 Å².